The third kappa shape index (κ3) is 4.80. The maximum atomic E-state index is 12.9. The normalized spacial score (nSPS) is 14.0. The highest BCUT2D eigenvalue weighted by atomic mass is 32.2. The van der Waals surface area contributed by atoms with Gasteiger partial charge in [-0.1, -0.05) is 30.0 Å². The third-order valence-corrected chi connectivity index (χ3v) is 5.91. The van der Waals surface area contributed by atoms with E-state index in [0.29, 0.717) is 18.3 Å². The molecule has 0 radical (unpaired) electrons. The molecule has 0 atom stereocenters. The minimum Gasteiger partial charge on any atom is -0.383 e. The molecule has 0 saturated heterocycles. The van der Waals surface area contributed by atoms with Gasteiger partial charge in [0, 0.05) is 19.4 Å². The highest BCUT2D eigenvalue weighted by molar-refractivity contribution is 7.99. The average Bonchev–Trinajstić information content (AvgIpc) is 3.18. The van der Waals surface area contributed by atoms with Crippen LogP contribution in [0.5, 0.6) is 0 Å². The molecule has 0 bridgehead atoms. The van der Waals surface area contributed by atoms with Crippen molar-refractivity contribution in [1.82, 2.24) is 25.1 Å². The van der Waals surface area contributed by atoms with Gasteiger partial charge in [0.15, 0.2) is 0 Å². The Bertz CT molecular complexity index is 849. The molecule has 1 heterocycles. The topological polar surface area (TPSA) is 73.1 Å². The summed E-state index contributed by atoms with van der Waals surface area (Å²) in [7, 11) is 1.66. The molecular formula is C20H27N5O2S. The van der Waals surface area contributed by atoms with Crippen molar-refractivity contribution in [3.05, 3.63) is 41.1 Å². The molecule has 0 N–H and O–H groups in total. The number of carbonyl (C=O) groups is 1. The largest absolute Gasteiger partial charge is 0.383 e. The van der Waals surface area contributed by atoms with Gasteiger partial charge in [-0.05, 0) is 67.2 Å². The Balaban J connectivity index is 1.72. The van der Waals surface area contributed by atoms with E-state index >= 15 is 0 Å². The van der Waals surface area contributed by atoms with Crippen molar-refractivity contribution in [1.29, 1.82) is 0 Å². The third-order valence-electron chi connectivity index (χ3n) is 5.00. The molecule has 1 aromatic heterocycles. The number of carbonyl (C=O) groups excluding carboxylic acids is 1. The molecule has 0 spiro atoms. The van der Waals surface area contributed by atoms with Gasteiger partial charge in [0.2, 0.25) is 11.1 Å². The minimum atomic E-state index is 0.0608. The lowest BCUT2D eigenvalue weighted by atomic mass is 10.0. The van der Waals surface area contributed by atoms with Crippen molar-refractivity contribution in [2.45, 2.75) is 44.7 Å². The van der Waals surface area contributed by atoms with E-state index in [1.807, 2.05) is 24.0 Å². The summed E-state index contributed by atoms with van der Waals surface area (Å²) in [4.78, 5) is 14.8. The van der Waals surface area contributed by atoms with Crippen molar-refractivity contribution < 1.29 is 9.53 Å². The van der Waals surface area contributed by atoms with Crippen molar-refractivity contribution in [2.24, 2.45) is 0 Å². The predicted molar refractivity (Wildman–Crippen MR) is 109 cm³/mol. The van der Waals surface area contributed by atoms with Crippen LogP contribution in [0.2, 0.25) is 0 Å². The van der Waals surface area contributed by atoms with Crippen molar-refractivity contribution in [3.63, 3.8) is 0 Å². The molecule has 0 fully saturated rings. The summed E-state index contributed by atoms with van der Waals surface area (Å²) >= 11 is 1.36. The summed E-state index contributed by atoms with van der Waals surface area (Å²) in [5.74, 6) is 0.345. The number of aromatic nitrogens is 4. The number of rotatable bonds is 8. The molecule has 1 aliphatic carbocycles. The molecule has 3 rings (SSSR count). The van der Waals surface area contributed by atoms with Crippen LogP contribution in [0.3, 0.4) is 0 Å². The van der Waals surface area contributed by atoms with Crippen molar-refractivity contribution in [3.8, 4) is 5.69 Å². The number of tetrazole rings is 1. The van der Waals surface area contributed by atoms with Crippen LogP contribution in [-0.2, 0) is 9.53 Å². The predicted octanol–water partition coefficient (Wildman–Crippen LogP) is 3.30. The van der Waals surface area contributed by atoms with Crippen LogP contribution in [0.1, 0.15) is 36.8 Å². The standard InChI is InChI=1S/C20H27N5O2S/c1-15-8-7-11-18(16(15)2)25-20(21-22-23-25)28-14-19(26)24(12-13-27-3)17-9-5-4-6-10-17/h7-9,11H,4-6,10,12-14H2,1-3H3. The Morgan fingerprint density at radius 1 is 1.32 bits per heavy atom. The Morgan fingerprint density at radius 2 is 2.18 bits per heavy atom. The molecule has 28 heavy (non-hydrogen) atoms. The number of ether oxygens (including phenoxy) is 1. The van der Waals surface area contributed by atoms with E-state index in [9.17, 15) is 4.79 Å². The molecule has 0 unspecified atom stereocenters. The summed E-state index contributed by atoms with van der Waals surface area (Å²) in [5, 5.41) is 12.7. The number of amides is 1. The molecule has 8 heteroatoms. The first-order chi connectivity index (χ1) is 13.6. The maximum absolute atomic E-state index is 12.9. The molecule has 1 amide bonds. The summed E-state index contributed by atoms with van der Waals surface area (Å²) < 4.78 is 6.91. The lowest BCUT2D eigenvalue weighted by molar-refractivity contribution is -0.127. The number of aryl methyl sites for hydroxylation is 1. The second-order valence-corrected chi connectivity index (χ2v) is 7.80. The van der Waals surface area contributed by atoms with Gasteiger partial charge in [-0.15, -0.1) is 5.10 Å². The van der Waals surface area contributed by atoms with Crippen LogP contribution in [0.4, 0.5) is 0 Å². The van der Waals surface area contributed by atoms with Gasteiger partial charge >= 0.3 is 0 Å². The molecule has 7 nitrogen and oxygen atoms in total. The zero-order valence-corrected chi connectivity index (χ0v) is 17.5. The Labute approximate surface area is 170 Å². The van der Waals surface area contributed by atoms with Gasteiger partial charge in [-0.3, -0.25) is 4.79 Å². The quantitative estimate of drug-likeness (QED) is 0.632. The van der Waals surface area contributed by atoms with Gasteiger partial charge in [0.1, 0.15) is 0 Å². The highest BCUT2D eigenvalue weighted by Gasteiger charge is 2.21. The molecule has 0 saturated carbocycles. The van der Waals surface area contributed by atoms with Crippen molar-refractivity contribution >= 4 is 17.7 Å². The fraction of sp³-hybridized carbons (Fsp3) is 0.500. The summed E-state index contributed by atoms with van der Waals surface area (Å²) in [5.41, 5.74) is 4.35. The smallest absolute Gasteiger partial charge is 0.237 e. The van der Waals surface area contributed by atoms with Crippen LogP contribution in [0.25, 0.3) is 5.69 Å². The van der Waals surface area contributed by atoms with Crippen LogP contribution in [-0.4, -0.2) is 57.0 Å². The molecule has 150 valence electrons. The second kappa shape index (κ2) is 9.84. The minimum absolute atomic E-state index is 0.0608. The van der Waals surface area contributed by atoms with Crippen LogP contribution in [0.15, 0.2) is 35.1 Å². The van der Waals surface area contributed by atoms with Gasteiger partial charge in [-0.25, -0.2) is 0 Å². The zero-order chi connectivity index (χ0) is 19.9. The molecule has 1 aliphatic rings. The van der Waals surface area contributed by atoms with E-state index in [-0.39, 0.29) is 11.7 Å². The number of methoxy groups -OCH3 is 1. The molecule has 0 aliphatic heterocycles. The summed E-state index contributed by atoms with van der Waals surface area (Å²) in [6.07, 6.45) is 6.47. The summed E-state index contributed by atoms with van der Waals surface area (Å²) in [6.45, 7) is 5.21. The van der Waals surface area contributed by atoms with Gasteiger partial charge in [0.25, 0.3) is 0 Å². The first kappa shape index (κ1) is 20.5. The fourth-order valence-electron chi connectivity index (χ4n) is 3.27. The molecule has 1 aromatic carbocycles. The number of hydrogen-bond donors (Lipinski definition) is 0. The number of nitrogens with zero attached hydrogens (tertiary/aromatic N) is 5. The molecule has 2 aromatic rings. The van der Waals surface area contributed by atoms with E-state index < -0.39 is 0 Å². The Kier molecular flexibility index (Phi) is 7.22. The van der Waals surface area contributed by atoms with Crippen LogP contribution < -0.4 is 0 Å². The zero-order valence-electron chi connectivity index (χ0n) is 16.7. The van der Waals surface area contributed by atoms with E-state index in [2.05, 4.69) is 34.6 Å². The summed E-state index contributed by atoms with van der Waals surface area (Å²) in [6, 6.07) is 6.04. The number of benzene rings is 1. The number of allylic oxidation sites excluding steroid dienone is 2. The fourth-order valence-corrected chi connectivity index (χ4v) is 4.03. The Morgan fingerprint density at radius 3 is 2.93 bits per heavy atom. The van der Waals surface area contributed by atoms with Crippen molar-refractivity contribution in [2.75, 3.05) is 26.0 Å². The van der Waals surface area contributed by atoms with E-state index in [0.717, 1.165) is 36.2 Å². The maximum Gasteiger partial charge on any atom is 0.237 e. The van der Waals surface area contributed by atoms with Gasteiger partial charge in [0.05, 0.1) is 18.0 Å². The van der Waals surface area contributed by atoms with E-state index in [1.165, 1.54) is 23.7 Å². The monoisotopic (exact) mass is 401 g/mol. The highest BCUT2D eigenvalue weighted by Crippen LogP contribution is 2.25. The first-order valence-corrected chi connectivity index (χ1v) is 10.6. The number of hydrogen-bond acceptors (Lipinski definition) is 6. The lowest BCUT2D eigenvalue weighted by Crippen LogP contribution is -2.35. The van der Waals surface area contributed by atoms with E-state index in [4.69, 9.17) is 4.74 Å². The van der Waals surface area contributed by atoms with Gasteiger partial charge in [-0.2, -0.15) is 4.68 Å². The molecular weight excluding hydrogens is 374 g/mol. The van der Waals surface area contributed by atoms with Crippen LogP contribution >= 0.6 is 11.8 Å². The SMILES string of the molecule is COCCN(C(=O)CSc1nnnn1-c1cccc(C)c1C)C1=CCCCC1. The van der Waals surface area contributed by atoms with Crippen LogP contribution in [0, 0.1) is 13.8 Å². The lowest BCUT2D eigenvalue weighted by Gasteiger charge is -2.27. The van der Waals surface area contributed by atoms with E-state index in [1.54, 1.807) is 11.8 Å². The first-order valence-electron chi connectivity index (χ1n) is 9.58. The second-order valence-electron chi connectivity index (χ2n) is 6.86. The average molecular weight is 402 g/mol. The number of thioether (sulfide) groups is 1. The van der Waals surface area contributed by atoms with Gasteiger partial charge < -0.3 is 9.64 Å². The Hall–Kier alpha value is -2.19.